The molecule has 1 heterocycles. The number of ether oxygens (including phenoxy) is 2. The lowest BCUT2D eigenvalue weighted by molar-refractivity contribution is -0.150. The van der Waals surface area contributed by atoms with Crippen LogP contribution in [0.1, 0.15) is 31.2 Å². The highest BCUT2D eigenvalue weighted by molar-refractivity contribution is 6.76. The number of nitrogens with zero attached hydrogens (tertiary/aromatic N) is 2. The predicted octanol–water partition coefficient (Wildman–Crippen LogP) is 3.91. The second-order valence-corrected chi connectivity index (χ2v) is 14.9. The topological polar surface area (TPSA) is 76.1 Å². The maximum absolute atomic E-state index is 13.2. The van der Waals surface area contributed by atoms with Gasteiger partial charge in [0.25, 0.3) is 0 Å². The number of esters is 1. The number of rotatable bonds is 9. The van der Waals surface area contributed by atoms with Crippen molar-refractivity contribution in [2.45, 2.75) is 64.0 Å². The maximum atomic E-state index is 13.2. The summed E-state index contributed by atoms with van der Waals surface area (Å²) < 4.78 is 10.8. The number of likely N-dealkylation sites (tertiary alicyclic amines) is 1. The van der Waals surface area contributed by atoms with Crippen molar-refractivity contribution in [1.82, 2.24) is 9.80 Å². The Bertz CT molecular complexity index is 729. The lowest BCUT2D eigenvalue weighted by Gasteiger charge is -2.33. The summed E-state index contributed by atoms with van der Waals surface area (Å²) in [6.45, 7) is 8.36. The van der Waals surface area contributed by atoms with Gasteiger partial charge in [-0.05, 0) is 30.9 Å². The predicted molar refractivity (Wildman–Crippen MR) is 122 cm³/mol. The Balaban J connectivity index is 2.01. The fraction of sp³-hybridized carbons (Fsp3) is 0.609. The highest BCUT2D eigenvalue weighted by Gasteiger charge is 2.34. The van der Waals surface area contributed by atoms with Gasteiger partial charge in [-0.2, -0.15) is 0 Å². The van der Waals surface area contributed by atoms with Crippen LogP contribution in [0.15, 0.2) is 30.3 Å². The Morgan fingerprint density at radius 3 is 2.29 bits per heavy atom. The molecule has 0 radical (unpaired) electrons. The van der Waals surface area contributed by atoms with E-state index in [4.69, 9.17) is 9.47 Å². The van der Waals surface area contributed by atoms with Crippen LogP contribution in [0.3, 0.4) is 0 Å². The molecular weight excluding hydrogens is 412 g/mol. The average Bonchev–Trinajstić information content (AvgIpc) is 2.75. The molecule has 0 N–H and O–H groups in total. The standard InChI is InChI=1S/C23H36N2O5Si/c1-24(23(28)29-15-16-31(2,3)4)20(22(27)25-13-9-6-10-14-25)17-21(26)30-18-19-11-7-5-8-12-19/h5,7-8,11-12,20H,6,9-10,13-18H2,1-4H3. The van der Waals surface area contributed by atoms with E-state index in [-0.39, 0.29) is 18.9 Å². The molecule has 7 nitrogen and oxygen atoms in total. The van der Waals surface area contributed by atoms with Crippen molar-refractivity contribution in [3.63, 3.8) is 0 Å². The second-order valence-electron chi connectivity index (χ2n) is 9.29. The molecule has 8 heteroatoms. The van der Waals surface area contributed by atoms with Crippen LogP contribution in [-0.2, 0) is 25.7 Å². The van der Waals surface area contributed by atoms with Gasteiger partial charge in [-0.25, -0.2) is 4.79 Å². The number of hydrogen-bond acceptors (Lipinski definition) is 5. The van der Waals surface area contributed by atoms with E-state index >= 15 is 0 Å². The first-order valence-corrected chi connectivity index (χ1v) is 14.8. The molecule has 2 amide bonds. The number of carbonyl (C=O) groups is 3. The monoisotopic (exact) mass is 448 g/mol. The molecule has 0 saturated carbocycles. The van der Waals surface area contributed by atoms with E-state index in [1.165, 1.54) is 11.9 Å². The molecule has 1 aromatic carbocycles. The van der Waals surface area contributed by atoms with E-state index in [2.05, 4.69) is 19.6 Å². The summed E-state index contributed by atoms with van der Waals surface area (Å²) in [5.74, 6) is -0.734. The summed E-state index contributed by atoms with van der Waals surface area (Å²) >= 11 is 0. The zero-order valence-electron chi connectivity index (χ0n) is 19.3. The van der Waals surface area contributed by atoms with Crippen molar-refractivity contribution in [3.8, 4) is 0 Å². The molecule has 1 fully saturated rings. The van der Waals surface area contributed by atoms with Gasteiger partial charge < -0.3 is 14.4 Å². The third-order valence-corrected chi connectivity index (χ3v) is 7.09. The molecule has 31 heavy (non-hydrogen) atoms. The van der Waals surface area contributed by atoms with Gasteiger partial charge in [0.2, 0.25) is 5.91 Å². The Hall–Kier alpha value is -2.35. The minimum atomic E-state index is -1.35. The molecule has 1 aliphatic rings. The number of benzene rings is 1. The van der Waals surface area contributed by atoms with Gasteiger partial charge in [0.1, 0.15) is 12.6 Å². The average molecular weight is 449 g/mol. The molecule has 0 aromatic heterocycles. The van der Waals surface area contributed by atoms with Gasteiger partial charge in [-0.1, -0.05) is 50.0 Å². The zero-order valence-corrected chi connectivity index (χ0v) is 20.3. The van der Waals surface area contributed by atoms with Gasteiger partial charge in [-0.3, -0.25) is 14.5 Å². The SMILES string of the molecule is CN(C(=O)OCC[Si](C)(C)C)C(CC(=O)OCc1ccccc1)C(=O)N1CCCCC1. The molecule has 1 aromatic rings. The molecule has 1 aliphatic heterocycles. The summed E-state index contributed by atoms with van der Waals surface area (Å²) in [4.78, 5) is 41.3. The summed E-state index contributed by atoms with van der Waals surface area (Å²) in [6, 6.07) is 9.28. The van der Waals surface area contributed by atoms with Gasteiger partial charge >= 0.3 is 12.1 Å². The normalized spacial score (nSPS) is 15.2. The summed E-state index contributed by atoms with van der Waals surface area (Å²) in [7, 11) is 0.173. The first-order valence-electron chi connectivity index (χ1n) is 11.1. The zero-order chi connectivity index (χ0) is 22.9. The molecule has 1 unspecified atom stereocenters. The van der Waals surface area contributed by atoms with E-state index in [1.54, 1.807) is 4.90 Å². The van der Waals surface area contributed by atoms with Crippen LogP contribution in [0.5, 0.6) is 0 Å². The van der Waals surface area contributed by atoms with Crippen molar-refractivity contribution >= 4 is 26.0 Å². The van der Waals surface area contributed by atoms with Crippen molar-refractivity contribution in [3.05, 3.63) is 35.9 Å². The Morgan fingerprint density at radius 1 is 1.03 bits per heavy atom. The van der Waals surface area contributed by atoms with Crippen LogP contribution in [-0.4, -0.2) is 68.6 Å². The smallest absolute Gasteiger partial charge is 0.410 e. The van der Waals surface area contributed by atoms with Gasteiger partial charge in [0.15, 0.2) is 0 Å². The lowest BCUT2D eigenvalue weighted by atomic mass is 10.1. The van der Waals surface area contributed by atoms with Crippen molar-refractivity contribution in [2.24, 2.45) is 0 Å². The van der Waals surface area contributed by atoms with Crippen molar-refractivity contribution in [2.75, 3.05) is 26.7 Å². The molecule has 0 spiro atoms. The van der Waals surface area contributed by atoms with Crippen LogP contribution >= 0.6 is 0 Å². The van der Waals surface area contributed by atoms with E-state index in [9.17, 15) is 14.4 Å². The molecule has 172 valence electrons. The maximum Gasteiger partial charge on any atom is 0.410 e. The largest absolute Gasteiger partial charge is 0.461 e. The fourth-order valence-corrected chi connectivity index (χ4v) is 4.06. The Kier molecular flexibility index (Phi) is 9.55. The number of piperidine rings is 1. The minimum Gasteiger partial charge on any atom is -0.461 e. The second kappa shape index (κ2) is 11.9. The van der Waals surface area contributed by atoms with E-state index in [1.807, 2.05) is 30.3 Å². The van der Waals surface area contributed by atoms with Crippen LogP contribution in [0, 0.1) is 0 Å². The Morgan fingerprint density at radius 2 is 1.68 bits per heavy atom. The van der Waals surface area contributed by atoms with E-state index in [0.717, 1.165) is 30.9 Å². The van der Waals surface area contributed by atoms with Crippen molar-refractivity contribution in [1.29, 1.82) is 0 Å². The number of amides is 2. The first-order chi connectivity index (χ1) is 14.7. The summed E-state index contributed by atoms with van der Waals surface area (Å²) in [5.41, 5.74) is 0.869. The first kappa shape index (κ1) is 24.9. The van der Waals surface area contributed by atoms with Crippen LogP contribution in [0.2, 0.25) is 25.7 Å². The van der Waals surface area contributed by atoms with Crippen molar-refractivity contribution < 1.29 is 23.9 Å². The number of likely N-dealkylation sites (N-methyl/N-ethyl adjacent to an activating group) is 1. The number of carbonyl (C=O) groups excluding carboxylic acids is 3. The molecular formula is C23H36N2O5Si. The highest BCUT2D eigenvalue weighted by Crippen LogP contribution is 2.16. The minimum absolute atomic E-state index is 0.134. The van der Waals surface area contributed by atoms with E-state index < -0.39 is 26.2 Å². The molecule has 1 atom stereocenters. The quantitative estimate of drug-likeness (QED) is 0.423. The molecule has 2 rings (SSSR count). The van der Waals surface area contributed by atoms with E-state index in [0.29, 0.717) is 19.7 Å². The van der Waals surface area contributed by atoms with Crippen LogP contribution in [0.4, 0.5) is 4.79 Å². The van der Waals surface area contributed by atoms with Crippen LogP contribution in [0.25, 0.3) is 0 Å². The third kappa shape index (κ3) is 8.73. The van der Waals surface area contributed by atoms with Gasteiger partial charge in [0, 0.05) is 28.2 Å². The highest BCUT2D eigenvalue weighted by atomic mass is 28.3. The van der Waals surface area contributed by atoms with Gasteiger partial charge in [0.05, 0.1) is 13.0 Å². The summed E-state index contributed by atoms with van der Waals surface area (Å²) in [5, 5.41) is 0. The fourth-order valence-electron chi connectivity index (χ4n) is 3.34. The van der Waals surface area contributed by atoms with Crippen LogP contribution < -0.4 is 0 Å². The molecule has 1 saturated heterocycles. The molecule has 0 aliphatic carbocycles. The summed E-state index contributed by atoms with van der Waals surface area (Å²) in [6.07, 6.45) is 2.18. The Labute approximate surface area is 186 Å². The van der Waals surface area contributed by atoms with Gasteiger partial charge in [-0.15, -0.1) is 0 Å². The molecule has 0 bridgehead atoms. The third-order valence-electron chi connectivity index (χ3n) is 5.39. The number of hydrogen-bond donors (Lipinski definition) is 0. The lowest BCUT2D eigenvalue weighted by Crippen LogP contribution is -2.51.